The number of carbonyl (C=O) groups is 1. The van der Waals surface area contributed by atoms with E-state index in [9.17, 15) is 4.79 Å². The predicted molar refractivity (Wildman–Crippen MR) is 81.8 cm³/mol. The quantitative estimate of drug-likeness (QED) is 0.763. The number of carbonyl (C=O) groups excluding carboxylic acids is 1. The number of halogens is 2. The minimum Gasteiger partial charge on any atom is -0.497 e. The highest BCUT2D eigenvalue weighted by Gasteiger charge is 2.19. The Kier molecular flexibility index (Phi) is 5.05. The van der Waals surface area contributed by atoms with Crippen molar-refractivity contribution in [2.75, 3.05) is 7.11 Å². The van der Waals surface area contributed by atoms with Crippen molar-refractivity contribution in [3.8, 4) is 5.75 Å². The fourth-order valence-corrected chi connectivity index (χ4v) is 2.45. The van der Waals surface area contributed by atoms with Gasteiger partial charge in [0.2, 0.25) is 5.24 Å². The van der Waals surface area contributed by atoms with E-state index in [1.54, 1.807) is 19.2 Å². The van der Waals surface area contributed by atoms with E-state index < -0.39 is 5.92 Å². The first-order valence-corrected chi connectivity index (χ1v) is 6.93. The highest BCUT2D eigenvalue weighted by atomic mass is 35.5. The first-order valence-electron chi connectivity index (χ1n) is 6.18. The summed E-state index contributed by atoms with van der Waals surface area (Å²) < 4.78 is 5.11. The lowest BCUT2D eigenvalue weighted by molar-refractivity contribution is -0.113. The summed E-state index contributed by atoms with van der Waals surface area (Å²) in [6.07, 6.45) is 0.534. The van der Waals surface area contributed by atoms with Crippen LogP contribution in [-0.2, 0) is 11.2 Å². The van der Waals surface area contributed by atoms with Crippen LogP contribution in [0.15, 0.2) is 48.5 Å². The summed E-state index contributed by atoms with van der Waals surface area (Å²) in [5.74, 6) is 0.383. The Bertz CT molecular complexity index is 594. The second kappa shape index (κ2) is 6.78. The largest absolute Gasteiger partial charge is 0.497 e. The van der Waals surface area contributed by atoms with Crippen LogP contribution in [0.3, 0.4) is 0 Å². The molecule has 2 nitrogen and oxygen atoms in total. The summed E-state index contributed by atoms with van der Waals surface area (Å²) in [4.78, 5) is 11.7. The van der Waals surface area contributed by atoms with Crippen molar-refractivity contribution in [3.05, 3.63) is 64.7 Å². The topological polar surface area (TPSA) is 26.3 Å². The molecule has 0 aliphatic heterocycles. The van der Waals surface area contributed by atoms with E-state index in [0.717, 1.165) is 16.9 Å². The Morgan fingerprint density at radius 1 is 1.20 bits per heavy atom. The Morgan fingerprint density at radius 2 is 1.90 bits per heavy atom. The van der Waals surface area contributed by atoms with Gasteiger partial charge < -0.3 is 4.74 Å². The van der Waals surface area contributed by atoms with Gasteiger partial charge in [0, 0.05) is 5.02 Å². The summed E-state index contributed by atoms with van der Waals surface area (Å²) in [5.41, 5.74) is 1.85. The van der Waals surface area contributed by atoms with Gasteiger partial charge in [-0.15, -0.1) is 0 Å². The molecule has 2 aromatic rings. The van der Waals surface area contributed by atoms with Gasteiger partial charge >= 0.3 is 0 Å². The number of methoxy groups -OCH3 is 1. The minimum atomic E-state index is -0.399. The molecule has 2 rings (SSSR count). The summed E-state index contributed by atoms with van der Waals surface area (Å²) >= 11 is 11.7. The van der Waals surface area contributed by atoms with E-state index in [-0.39, 0.29) is 5.24 Å². The van der Waals surface area contributed by atoms with Gasteiger partial charge in [0.1, 0.15) is 5.75 Å². The maximum atomic E-state index is 11.7. The van der Waals surface area contributed by atoms with Gasteiger partial charge in [-0.05, 0) is 53.4 Å². The summed E-state index contributed by atoms with van der Waals surface area (Å²) in [5, 5.41) is 0.211. The molecule has 20 heavy (non-hydrogen) atoms. The molecule has 0 radical (unpaired) electrons. The van der Waals surface area contributed by atoms with Crippen LogP contribution in [0.1, 0.15) is 17.0 Å². The zero-order chi connectivity index (χ0) is 14.5. The molecule has 0 aliphatic carbocycles. The highest BCUT2D eigenvalue weighted by molar-refractivity contribution is 6.64. The average Bonchev–Trinajstić information content (AvgIpc) is 2.45. The number of ether oxygens (including phenoxy) is 1. The Labute approximate surface area is 128 Å². The predicted octanol–water partition coefficient (Wildman–Crippen LogP) is 4.44. The molecule has 0 saturated heterocycles. The fraction of sp³-hybridized carbons (Fsp3) is 0.188. The second-order valence-electron chi connectivity index (χ2n) is 4.46. The molecule has 0 heterocycles. The smallest absolute Gasteiger partial charge is 0.229 e. The minimum absolute atomic E-state index is 0.386. The Hall–Kier alpha value is -1.51. The molecule has 104 valence electrons. The third kappa shape index (κ3) is 3.75. The summed E-state index contributed by atoms with van der Waals surface area (Å²) in [7, 11) is 1.62. The molecule has 0 aliphatic rings. The molecular weight excluding hydrogens is 295 g/mol. The first kappa shape index (κ1) is 14.9. The van der Waals surface area contributed by atoms with Crippen molar-refractivity contribution >= 4 is 28.4 Å². The van der Waals surface area contributed by atoms with Crippen molar-refractivity contribution in [1.29, 1.82) is 0 Å². The standard InChI is InChI=1S/C16H14Cl2O2/c1-20-14-7-5-11(6-8-14)9-15(16(18)19)12-3-2-4-13(17)10-12/h2-8,10,15H,9H2,1H3. The molecule has 0 bridgehead atoms. The van der Waals surface area contributed by atoms with Crippen LogP contribution < -0.4 is 4.74 Å². The first-order chi connectivity index (χ1) is 9.60. The van der Waals surface area contributed by atoms with Gasteiger partial charge in [-0.3, -0.25) is 4.79 Å². The normalized spacial score (nSPS) is 11.9. The lowest BCUT2D eigenvalue weighted by Gasteiger charge is -2.13. The van der Waals surface area contributed by atoms with Crippen molar-refractivity contribution < 1.29 is 9.53 Å². The van der Waals surface area contributed by atoms with Gasteiger partial charge in [0.15, 0.2) is 0 Å². The average molecular weight is 309 g/mol. The van der Waals surface area contributed by atoms with Crippen LogP contribution in [-0.4, -0.2) is 12.4 Å². The number of benzene rings is 2. The second-order valence-corrected chi connectivity index (χ2v) is 5.27. The van der Waals surface area contributed by atoms with E-state index >= 15 is 0 Å². The Morgan fingerprint density at radius 3 is 2.45 bits per heavy atom. The number of rotatable bonds is 5. The van der Waals surface area contributed by atoms with E-state index in [1.807, 2.05) is 36.4 Å². The number of hydrogen-bond acceptors (Lipinski definition) is 2. The van der Waals surface area contributed by atoms with Crippen LogP contribution in [0.4, 0.5) is 0 Å². The van der Waals surface area contributed by atoms with Crippen LogP contribution in [0.5, 0.6) is 5.75 Å². The van der Waals surface area contributed by atoms with Crippen LogP contribution >= 0.6 is 23.2 Å². The van der Waals surface area contributed by atoms with Crippen molar-refractivity contribution in [1.82, 2.24) is 0 Å². The molecule has 0 fully saturated rings. The number of hydrogen-bond donors (Lipinski definition) is 0. The molecule has 1 atom stereocenters. The molecule has 1 unspecified atom stereocenters. The maximum absolute atomic E-state index is 11.7. The van der Waals surface area contributed by atoms with Gasteiger partial charge in [0.25, 0.3) is 0 Å². The molecule has 0 amide bonds. The lowest BCUT2D eigenvalue weighted by Crippen LogP contribution is -2.10. The summed E-state index contributed by atoms with van der Waals surface area (Å²) in [6.45, 7) is 0. The van der Waals surface area contributed by atoms with E-state index in [1.165, 1.54) is 0 Å². The van der Waals surface area contributed by atoms with Gasteiger partial charge in [-0.2, -0.15) is 0 Å². The fourth-order valence-electron chi connectivity index (χ4n) is 2.05. The molecule has 0 saturated carbocycles. The van der Waals surface area contributed by atoms with Gasteiger partial charge in [0.05, 0.1) is 13.0 Å². The third-order valence-corrected chi connectivity index (χ3v) is 3.62. The zero-order valence-electron chi connectivity index (χ0n) is 11.0. The zero-order valence-corrected chi connectivity index (χ0v) is 12.5. The van der Waals surface area contributed by atoms with Crippen LogP contribution in [0, 0.1) is 0 Å². The molecule has 0 aromatic heterocycles. The van der Waals surface area contributed by atoms with Gasteiger partial charge in [-0.25, -0.2) is 0 Å². The molecule has 0 spiro atoms. The van der Waals surface area contributed by atoms with E-state index in [4.69, 9.17) is 27.9 Å². The molecule has 2 aromatic carbocycles. The summed E-state index contributed by atoms with van der Waals surface area (Å²) in [6, 6.07) is 14.8. The highest BCUT2D eigenvalue weighted by Crippen LogP contribution is 2.26. The molecule has 4 heteroatoms. The van der Waals surface area contributed by atoms with Crippen LogP contribution in [0.25, 0.3) is 0 Å². The monoisotopic (exact) mass is 308 g/mol. The SMILES string of the molecule is COc1ccc(CC(C(=O)Cl)c2cccc(Cl)c2)cc1. The van der Waals surface area contributed by atoms with Crippen molar-refractivity contribution in [2.45, 2.75) is 12.3 Å². The van der Waals surface area contributed by atoms with Crippen molar-refractivity contribution in [2.24, 2.45) is 0 Å². The Balaban J connectivity index is 2.23. The molecular formula is C16H14Cl2O2. The lowest BCUT2D eigenvalue weighted by atomic mass is 9.93. The van der Waals surface area contributed by atoms with Crippen LogP contribution in [0.2, 0.25) is 5.02 Å². The van der Waals surface area contributed by atoms with Gasteiger partial charge in [-0.1, -0.05) is 35.9 Å². The van der Waals surface area contributed by atoms with Crippen molar-refractivity contribution in [3.63, 3.8) is 0 Å². The maximum Gasteiger partial charge on any atom is 0.229 e. The van der Waals surface area contributed by atoms with E-state index in [0.29, 0.717) is 11.4 Å². The van der Waals surface area contributed by atoms with E-state index in [2.05, 4.69) is 0 Å². The molecule has 0 N–H and O–H groups in total. The third-order valence-electron chi connectivity index (χ3n) is 3.12.